The zero-order valence-corrected chi connectivity index (χ0v) is 17.6. The number of rotatable bonds is 6. The predicted molar refractivity (Wildman–Crippen MR) is 121 cm³/mol. The number of aryl methyl sites for hydroxylation is 3. The lowest BCUT2D eigenvalue weighted by Gasteiger charge is -2.09. The van der Waals surface area contributed by atoms with E-state index in [1.165, 1.54) is 11.8 Å². The van der Waals surface area contributed by atoms with E-state index in [9.17, 15) is 9.59 Å². The van der Waals surface area contributed by atoms with Gasteiger partial charge in [0, 0.05) is 21.8 Å². The van der Waals surface area contributed by atoms with Crippen LogP contribution < -0.4 is 10.6 Å². The summed E-state index contributed by atoms with van der Waals surface area (Å²) in [6.45, 7) is 5.98. The number of thioether (sulfide) groups is 1. The highest BCUT2D eigenvalue weighted by Crippen LogP contribution is 2.21. The molecule has 3 aromatic rings. The number of hydrogen-bond donors (Lipinski definition) is 2. The fourth-order valence-electron chi connectivity index (χ4n) is 3.02. The van der Waals surface area contributed by atoms with Gasteiger partial charge in [-0.3, -0.25) is 9.59 Å². The minimum atomic E-state index is -0.137. The standard InChI is InChI=1S/C24H24N2O2S/c1-16-5-4-6-19(12-16)24(28)26-20-7-9-22(10-8-20)29-15-23(27)25-21-13-17(2)11-18(3)14-21/h4-14H,15H2,1-3H3,(H,25,27)(H,26,28). The fourth-order valence-corrected chi connectivity index (χ4v) is 3.72. The van der Waals surface area contributed by atoms with Crippen molar-refractivity contribution in [2.45, 2.75) is 25.7 Å². The van der Waals surface area contributed by atoms with E-state index in [1.807, 2.05) is 75.4 Å². The van der Waals surface area contributed by atoms with Crippen molar-refractivity contribution in [3.63, 3.8) is 0 Å². The second-order valence-electron chi connectivity index (χ2n) is 7.06. The summed E-state index contributed by atoms with van der Waals surface area (Å²) in [5.41, 5.74) is 5.46. The minimum Gasteiger partial charge on any atom is -0.325 e. The van der Waals surface area contributed by atoms with Gasteiger partial charge in [0.2, 0.25) is 5.91 Å². The Balaban J connectivity index is 1.52. The predicted octanol–water partition coefficient (Wildman–Crippen LogP) is 5.59. The molecule has 0 aromatic heterocycles. The molecule has 0 saturated carbocycles. The van der Waals surface area contributed by atoms with Gasteiger partial charge in [-0.15, -0.1) is 11.8 Å². The van der Waals surface area contributed by atoms with Crippen LogP contribution >= 0.6 is 11.8 Å². The Bertz CT molecular complexity index is 1010. The average molecular weight is 405 g/mol. The van der Waals surface area contributed by atoms with Gasteiger partial charge in [0.05, 0.1) is 5.75 Å². The molecule has 0 aliphatic carbocycles. The quantitative estimate of drug-likeness (QED) is 0.526. The highest BCUT2D eigenvalue weighted by molar-refractivity contribution is 8.00. The van der Waals surface area contributed by atoms with Crippen LogP contribution in [0.15, 0.2) is 71.6 Å². The van der Waals surface area contributed by atoms with E-state index in [0.29, 0.717) is 11.3 Å². The molecule has 4 nitrogen and oxygen atoms in total. The molecule has 0 aliphatic rings. The first kappa shape index (κ1) is 20.7. The summed E-state index contributed by atoms with van der Waals surface area (Å²) in [4.78, 5) is 25.5. The number of carbonyl (C=O) groups excluding carboxylic acids is 2. The molecule has 0 heterocycles. The summed E-state index contributed by atoms with van der Waals surface area (Å²) in [6.07, 6.45) is 0. The topological polar surface area (TPSA) is 58.2 Å². The molecule has 0 radical (unpaired) electrons. The van der Waals surface area contributed by atoms with Crippen molar-refractivity contribution in [1.29, 1.82) is 0 Å². The summed E-state index contributed by atoms with van der Waals surface area (Å²) < 4.78 is 0. The SMILES string of the molecule is Cc1cc(C)cc(NC(=O)CSc2ccc(NC(=O)c3cccc(C)c3)cc2)c1. The Labute approximate surface area is 175 Å². The zero-order valence-electron chi connectivity index (χ0n) is 16.8. The van der Waals surface area contributed by atoms with Crippen molar-refractivity contribution in [2.75, 3.05) is 16.4 Å². The normalized spacial score (nSPS) is 10.4. The molecule has 2 amide bonds. The van der Waals surface area contributed by atoms with Crippen LogP contribution in [-0.4, -0.2) is 17.6 Å². The maximum absolute atomic E-state index is 12.3. The van der Waals surface area contributed by atoms with Crippen LogP contribution in [0, 0.1) is 20.8 Å². The van der Waals surface area contributed by atoms with Crippen molar-refractivity contribution in [3.8, 4) is 0 Å². The molecule has 0 atom stereocenters. The molecule has 0 saturated heterocycles. The third-order valence-electron chi connectivity index (χ3n) is 4.27. The largest absolute Gasteiger partial charge is 0.325 e. The highest BCUT2D eigenvalue weighted by atomic mass is 32.2. The first-order valence-corrected chi connectivity index (χ1v) is 10.4. The zero-order chi connectivity index (χ0) is 20.8. The lowest BCUT2D eigenvalue weighted by molar-refractivity contribution is -0.113. The van der Waals surface area contributed by atoms with Crippen LogP contribution in [0.5, 0.6) is 0 Å². The molecular formula is C24H24N2O2S. The third-order valence-corrected chi connectivity index (χ3v) is 5.28. The molecule has 29 heavy (non-hydrogen) atoms. The molecular weight excluding hydrogens is 380 g/mol. The van der Waals surface area contributed by atoms with E-state index in [0.717, 1.165) is 33.0 Å². The van der Waals surface area contributed by atoms with Crippen LogP contribution in [-0.2, 0) is 4.79 Å². The van der Waals surface area contributed by atoms with Crippen molar-refractivity contribution in [1.82, 2.24) is 0 Å². The summed E-state index contributed by atoms with van der Waals surface area (Å²) in [6, 6.07) is 21.0. The van der Waals surface area contributed by atoms with Crippen molar-refractivity contribution < 1.29 is 9.59 Å². The fraction of sp³-hybridized carbons (Fsp3) is 0.167. The monoisotopic (exact) mass is 404 g/mol. The number of anilines is 2. The van der Waals surface area contributed by atoms with E-state index in [4.69, 9.17) is 0 Å². The lowest BCUT2D eigenvalue weighted by atomic mass is 10.1. The Kier molecular flexibility index (Phi) is 6.73. The summed E-state index contributed by atoms with van der Waals surface area (Å²) in [7, 11) is 0. The molecule has 0 unspecified atom stereocenters. The Hall–Kier alpha value is -3.05. The van der Waals surface area contributed by atoms with Gasteiger partial charge in [0.1, 0.15) is 0 Å². The van der Waals surface area contributed by atoms with Crippen LogP contribution in [0.4, 0.5) is 11.4 Å². The number of carbonyl (C=O) groups is 2. The highest BCUT2D eigenvalue weighted by Gasteiger charge is 2.07. The van der Waals surface area contributed by atoms with Gasteiger partial charge in [-0.1, -0.05) is 23.8 Å². The van der Waals surface area contributed by atoms with E-state index in [-0.39, 0.29) is 11.8 Å². The van der Waals surface area contributed by atoms with Crippen LogP contribution in [0.2, 0.25) is 0 Å². The number of hydrogen-bond acceptors (Lipinski definition) is 3. The summed E-state index contributed by atoms with van der Waals surface area (Å²) >= 11 is 1.46. The van der Waals surface area contributed by atoms with Crippen LogP contribution in [0.3, 0.4) is 0 Å². The van der Waals surface area contributed by atoms with Crippen molar-refractivity contribution >= 4 is 35.0 Å². The average Bonchev–Trinajstić information content (AvgIpc) is 2.66. The Morgan fingerprint density at radius 1 is 0.759 bits per heavy atom. The smallest absolute Gasteiger partial charge is 0.255 e. The second kappa shape index (κ2) is 9.43. The van der Waals surface area contributed by atoms with E-state index in [2.05, 4.69) is 16.7 Å². The van der Waals surface area contributed by atoms with Gasteiger partial charge in [0.15, 0.2) is 0 Å². The van der Waals surface area contributed by atoms with Crippen molar-refractivity contribution in [3.05, 3.63) is 89.0 Å². The van der Waals surface area contributed by atoms with Gasteiger partial charge >= 0.3 is 0 Å². The van der Waals surface area contributed by atoms with Crippen molar-refractivity contribution in [2.24, 2.45) is 0 Å². The lowest BCUT2D eigenvalue weighted by Crippen LogP contribution is -2.14. The van der Waals surface area contributed by atoms with Gasteiger partial charge < -0.3 is 10.6 Å². The number of benzene rings is 3. The molecule has 0 aliphatic heterocycles. The third kappa shape index (κ3) is 6.22. The number of nitrogens with one attached hydrogen (secondary N) is 2. The maximum Gasteiger partial charge on any atom is 0.255 e. The van der Waals surface area contributed by atoms with E-state index in [1.54, 1.807) is 6.07 Å². The van der Waals surface area contributed by atoms with E-state index < -0.39 is 0 Å². The maximum atomic E-state index is 12.3. The Morgan fingerprint density at radius 3 is 2.10 bits per heavy atom. The molecule has 0 bridgehead atoms. The van der Waals surface area contributed by atoms with Gasteiger partial charge in [-0.05, 0) is 80.4 Å². The summed E-state index contributed by atoms with van der Waals surface area (Å²) in [5, 5.41) is 5.83. The molecule has 3 rings (SSSR count). The summed E-state index contributed by atoms with van der Waals surface area (Å²) in [5.74, 6) is 0.140. The van der Waals surface area contributed by atoms with E-state index >= 15 is 0 Å². The molecule has 0 spiro atoms. The van der Waals surface area contributed by atoms with Gasteiger partial charge in [0.25, 0.3) is 5.91 Å². The minimum absolute atomic E-state index is 0.0446. The van der Waals surface area contributed by atoms with Gasteiger partial charge in [-0.2, -0.15) is 0 Å². The molecule has 148 valence electrons. The molecule has 3 aromatic carbocycles. The Morgan fingerprint density at radius 2 is 1.45 bits per heavy atom. The molecule has 5 heteroatoms. The molecule has 0 fully saturated rings. The van der Waals surface area contributed by atoms with Crippen LogP contribution in [0.25, 0.3) is 0 Å². The number of amides is 2. The first-order chi connectivity index (χ1) is 13.9. The first-order valence-electron chi connectivity index (χ1n) is 9.38. The van der Waals surface area contributed by atoms with Gasteiger partial charge in [-0.25, -0.2) is 0 Å². The van der Waals surface area contributed by atoms with Crippen LogP contribution in [0.1, 0.15) is 27.0 Å². The second-order valence-corrected chi connectivity index (χ2v) is 8.11. The molecule has 2 N–H and O–H groups in total.